The van der Waals surface area contributed by atoms with Crippen molar-refractivity contribution >= 4 is 23.5 Å². The van der Waals surface area contributed by atoms with Crippen molar-refractivity contribution in [3.63, 3.8) is 0 Å². The van der Waals surface area contributed by atoms with E-state index in [0.29, 0.717) is 35.5 Å². The van der Waals surface area contributed by atoms with Crippen LogP contribution in [0.4, 0.5) is 9.59 Å². The SMILES string of the molecule is NC(=O)N/N=C1\CC2C3C/C(=N\NC(N)=O)C4C3CC2C14. The van der Waals surface area contributed by atoms with Gasteiger partial charge in [0.05, 0.1) is 0 Å². The molecular weight excluding hydrogens is 272 g/mol. The van der Waals surface area contributed by atoms with Crippen LogP contribution < -0.4 is 22.3 Å². The smallest absolute Gasteiger partial charge is 0.332 e. The minimum atomic E-state index is -0.634. The van der Waals surface area contributed by atoms with Gasteiger partial charge in [-0.05, 0) is 42.9 Å². The van der Waals surface area contributed by atoms with Crippen LogP contribution in [0.1, 0.15) is 19.3 Å². The molecule has 0 spiro atoms. The minimum Gasteiger partial charge on any atom is -0.350 e. The number of nitrogens with zero attached hydrogens (tertiary/aromatic N) is 2. The van der Waals surface area contributed by atoms with Crippen molar-refractivity contribution in [2.24, 2.45) is 57.2 Å². The molecule has 21 heavy (non-hydrogen) atoms. The van der Waals surface area contributed by atoms with E-state index in [4.69, 9.17) is 11.5 Å². The Morgan fingerprint density at radius 2 is 1.29 bits per heavy atom. The molecule has 4 rings (SSSR count). The molecular formula is C13H18N6O2. The molecule has 0 aromatic heterocycles. The number of nitrogens with two attached hydrogens (primary N) is 2. The van der Waals surface area contributed by atoms with Gasteiger partial charge in [-0.2, -0.15) is 10.2 Å². The molecule has 8 nitrogen and oxygen atoms in total. The van der Waals surface area contributed by atoms with Gasteiger partial charge in [-0.25, -0.2) is 20.4 Å². The maximum atomic E-state index is 10.9. The predicted octanol–water partition coefficient (Wildman–Crippen LogP) is -0.0431. The first kappa shape index (κ1) is 12.6. The molecule has 0 heterocycles. The molecule has 4 aliphatic rings. The number of nitrogens with one attached hydrogen (secondary N) is 2. The maximum absolute atomic E-state index is 10.9. The van der Waals surface area contributed by atoms with Crippen LogP contribution in [-0.4, -0.2) is 23.5 Å². The Bertz CT molecular complexity index is 531. The first-order valence-corrected chi connectivity index (χ1v) is 7.30. The van der Waals surface area contributed by atoms with Crippen LogP contribution in [0.15, 0.2) is 10.2 Å². The van der Waals surface area contributed by atoms with Gasteiger partial charge in [-0.3, -0.25) is 0 Å². The lowest BCUT2D eigenvalue weighted by molar-refractivity contribution is 0.241. The van der Waals surface area contributed by atoms with Crippen LogP contribution in [0, 0.1) is 35.5 Å². The third-order valence-corrected chi connectivity index (χ3v) is 5.78. The third kappa shape index (κ3) is 1.68. The summed E-state index contributed by atoms with van der Waals surface area (Å²) in [6.07, 6.45) is 3.10. The van der Waals surface area contributed by atoms with E-state index >= 15 is 0 Å². The molecule has 112 valence electrons. The molecule has 6 N–H and O–H groups in total. The zero-order valence-electron chi connectivity index (χ0n) is 11.5. The summed E-state index contributed by atoms with van der Waals surface area (Å²) in [6, 6.07) is -1.27. The van der Waals surface area contributed by atoms with Crippen LogP contribution in [0.2, 0.25) is 0 Å². The molecule has 4 amide bonds. The lowest BCUT2D eigenvalue weighted by Gasteiger charge is -2.24. The van der Waals surface area contributed by atoms with E-state index in [1.807, 2.05) is 0 Å². The predicted molar refractivity (Wildman–Crippen MR) is 75.1 cm³/mol. The zero-order chi connectivity index (χ0) is 14.7. The van der Waals surface area contributed by atoms with E-state index < -0.39 is 12.1 Å². The van der Waals surface area contributed by atoms with Crippen LogP contribution in [0.25, 0.3) is 0 Å². The fourth-order valence-corrected chi connectivity index (χ4v) is 5.42. The number of carbonyl (C=O) groups is 2. The minimum absolute atomic E-state index is 0.332. The van der Waals surface area contributed by atoms with Gasteiger partial charge in [0, 0.05) is 23.3 Å². The number of carbonyl (C=O) groups excluding carboxylic acids is 2. The highest BCUT2D eigenvalue weighted by molar-refractivity contribution is 6.01. The van der Waals surface area contributed by atoms with E-state index in [0.717, 1.165) is 24.3 Å². The number of amides is 4. The van der Waals surface area contributed by atoms with E-state index in [2.05, 4.69) is 21.1 Å². The Kier molecular flexibility index (Phi) is 2.51. The summed E-state index contributed by atoms with van der Waals surface area (Å²) in [5, 5.41) is 8.43. The number of hydrogen-bond donors (Lipinski definition) is 4. The first-order chi connectivity index (χ1) is 10.1. The van der Waals surface area contributed by atoms with Crippen molar-refractivity contribution in [3.05, 3.63) is 0 Å². The largest absolute Gasteiger partial charge is 0.350 e. The van der Waals surface area contributed by atoms with Gasteiger partial charge in [-0.1, -0.05) is 0 Å². The van der Waals surface area contributed by atoms with Gasteiger partial charge < -0.3 is 11.5 Å². The van der Waals surface area contributed by atoms with Crippen molar-refractivity contribution in [1.29, 1.82) is 0 Å². The van der Waals surface area contributed by atoms with Gasteiger partial charge >= 0.3 is 12.1 Å². The Morgan fingerprint density at radius 3 is 1.67 bits per heavy atom. The topological polar surface area (TPSA) is 135 Å². The number of hydrazone groups is 2. The molecule has 0 aliphatic heterocycles. The zero-order valence-corrected chi connectivity index (χ0v) is 11.5. The van der Waals surface area contributed by atoms with Crippen LogP contribution in [0.5, 0.6) is 0 Å². The second kappa shape index (κ2) is 4.19. The standard InChI is InChI=1S/C13H18N6O2/c14-12(20)18-16-8-2-4-5-3-9(17-19-13(15)21)11-7(5)1-6(4)10(8)11/h4-7,10-11H,1-3H2,(H3,14,18,20)(H3,15,19,21)/b16-8+,17-9+. The second-order valence-corrected chi connectivity index (χ2v) is 6.51. The van der Waals surface area contributed by atoms with Gasteiger partial charge in [0.25, 0.3) is 0 Å². The van der Waals surface area contributed by atoms with Crippen LogP contribution in [-0.2, 0) is 0 Å². The molecule has 2 bridgehead atoms. The monoisotopic (exact) mass is 290 g/mol. The highest BCUT2D eigenvalue weighted by Crippen LogP contribution is 2.68. The lowest BCUT2D eigenvalue weighted by atomic mass is 9.79. The molecule has 0 aromatic carbocycles. The summed E-state index contributed by atoms with van der Waals surface area (Å²) >= 11 is 0. The molecule has 6 unspecified atom stereocenters. The lowest BCUT2D eigenvalue weighted by Crippen LogP contribution is -2.32. The van der Waals surface area contributed by atoms with Gasteiger partial charge in [-0.15, -0.1) is 0 Å². The molecule has 4 fully saturated rings. The van der Waals surface area contributed by atoms with Gasteiger partial charge in [0.2, 0.25) is 0 Å². The summed E-state index contributed by atoms with van der Waals surface area (Å²) in [5.74, 6) is 3.20. The van der Waals surface area contributed by atoms with Crippen molar-refractivity contribution in [2.75, 3.05) is 0 Å². The normalized spacial score (nSPS) is 45.5. The summed E-state index contributed by atoms with van der Waals surface area (Å²) in [7, 11) is 0. The number of rotatable bonds is 2. The Morgan fingerprint density at radius 1 is 0.857 bits per heavy atom. The van der Waals surface area contributed by atoms with Gasteiger partial charge in [0.1, 0.15) is 0 Å². The molecule has 0 saturated heterocycles. The highest BCUT2D eigenvalue weighted by Gasteiger charge is 2.67. The first-order valence-electron chi connectivity index (χ1n) is 7.30. The second-order valence-electron chi connectivity index (χ2n) is 6.51. The summed E-state index contributed by atoms with van der Waals surface area (Å²) in [5.41, 5.74) is 17.0. The summed E-state index contributed by atoms with van der Waals surface area (Å²) in [6.45, 7) is 0. The molecule has 8 heteroatoms. The van der Waals surface area contributed by atoms with Crippen molar-refractivity contribution in [1.82, 2.24) is 10.9 Å². The van der Waals surface area contributed by atoms with E-state index in [-0.39, 0.29) is 0 Å². The molecule has 0 radical (unpaired) electrons. The number of fused-ring (bicyclic) bond motifs is 2. The van der Waals surface area contributed by atoms with E-state index in [1.165, 1.54) is 6.42 Å². The number of primary amides is 2. The molecule has 0 aromatic rings. The fraction of sp³-hybridized carbons (Fsp3) is 0.692. The summed E-state index contributed by atoms with van der Waals surface area (Å²) in [4.78, 5) is 21.7. The maximum Gasteiger partial charge on any atom is 0.332 e. The average Bonchev–Trinajstić information content (AvgIpc) is 3.03. The fourth-order valence-electron chi connectivity index (χ4n) is 5.42. The number of hydrogen-bond acceptors (Lipinski definition) is 4. The Balaban J connectivity index is 1.63. The molecule has 6 atom stereocenters. The quantitative estimate of drug-likeness (QED) is 0.531. The highest BCUT2D eigenvalue weighted by atomic mass is 16.2. The van der Waals surface area contributed by atoms with Crippen molar-refractivity contribution < 1.29 is 9.59 Å². The van der Waals surface area contributed by atoms with E-state index in [9.17, 15) is 9.59 Å². The van der Waals surface area contributed by atoms with Gasteiger partial charge in [0.15, 0.2) is 0 Å². The van der Waals surface area contributed by atoms with E-state index in [1.54, 1.807) is 0 Å². The molecule has 4 saturated carbocycles. The van der Waals surface area contributed by atoms with Crippen LogP contribution >= 0.6 is 0 Å². The average molecular weight is 290 g/mol. The third-order valence-electron chi connectivity index (χ3n) is 5.78. The van der Waals surface area contributed by atoms with Crippen LogP contribution in [0.3, 0.4) is 0 Å². The Labute approximate surface area is 121 Å². The Hall–Kier alpha value is -2.12. The molecule has 4 aliphatic carbocycles. The summed E-state index contributed by atoms with van der Waals surface area (Å²) < 4.78 is 0. The van der Waals surface area contributed by atoms with Crippen molar-refractivity contribution in [2.45, 2.75) is 19.3 Å². The van der Waals surface area contributed by atoms with Crippen molar-refractivity contribution in [3.8, 4) is 0 Å². The number of urea groups is 2.